The summed E-state index contributed by atoms with van der Waals surface area (Å²) in [6.07, 6.45) is -1.09. The highest BCUT2D eigenvalue weighted by molar-refractivity contribution is 6.34. The zero-order chi connectivity index (χ0) is 19.1. The number of esters is 1. The topological polar surface area (TPSA) is 84.9 Å². The van der Waals surface area contributed by atoms with Gasteiger partial charge in [-0.3, -0.25) is 19.9 Å². The Morgan fingerprint density at radius 2 is 1.85 bits per heavy atom. The van der Waals surface area contributed by atoms with E-state index >= 15 is 0 Å². The fourth-order valence-electron chi connectivity index (χ4n) is 3.10. The van der Waals surface area contributed by atoms with Crippen molar-refractivity contribution >= 4 is 40.8 Å². The number of para-hydroxylation sites is 1. The first-order valence-corrected chi connectivity index (χ1v) is 8.38. The van der Waals surface area contributed by atoms with Crippen LogP contribution in [0.1, 0.15) is 15.9 Å². The summed E-state index contributed by atoms with van der Waals surface area (Å²) in [4.78, 5) is 44.2. The number of methoxy groups -OCH3 is 1. The first kappa shape index (κ1) is 17.3. The maximum absolute atomic E-state index is 13.1. The van der Waals surface area contributed by atoms with E-state index in [1.807, 2.05) is 0 Å². The largest absolute Gasteiger partial charge is 0.465 e. The Bertz CT molecular complexity index is 999. The third kappa shape index (κ3) is 2.68. The second-order valence-corrected chi connectivity index (χ2v) is 6.32. The Balaban J connectivity index is 1.81. The molecule has 0 spiro atoms. The lowest BCUT2D eigenvalue weighted by molar-refractivity contribution is -0.127. The third-order valence-corrected chi connectivity index (χ3v) is 4.62. The van der Waals surface area contributed by atoms with Crippen LogP contribution in [0.5, 0.6) is 0 Å². The Hall–Kier alpha value is -3.16. The smallest absolute Gasteiger partial charge is 0.339 e. The monoisotopic (exact) mass is 384 g/mol. The predicted molar refractivity (Wildman–Crippen MR) is 96.7 cm³/mol. The molecule has 0 radical (unpaired) electrons. The number of carbonyl (C=O) groups is 3. The number of fused-ring (bicyclic) bond motifs is 1. The molecule has 2 amide bonds. The van der Waals surface area contributed by atoms with Gasteiger partial charge in [-0.15, -0.1) is 0 Å². The number of hydrogen-bond acceptors (Lipinski definition) is 6. The lowest BCUT2D eigenvalue weighted by Gasteiger charge is -2.18. The van der Waals surface area contributed by atoms with Crippen LogP contribution in [-0.4, -0.2) is 31.0 Å². The fraction of sp³-hybridized carbons (Fsp3) is 0.105. The summed E-state index contributed by atoms with van der Waals surface area (Å²) in [5.74, 6) is -1.78. The van der Waals surface area contributed by atoms with Gasteiger partial charge in [-0.2, -0.15) is 0 Å². The van der Waals surface area contributed by atoms with Crippen molar-refractivity contribution in [3.8, 4) is 0 Å². The van der Waals surface area contributed by atoms with Crippen LogP contribution in [0.25, 0.3) is 5.70 Å². The molecule has 2 aliphatic rings. The number of imide groups is 1. The maximum Gasteiger partial charge on any atom is 0.339 e. The average Bonchev–Trinajstić information content (AvgIpc) is 3.22. The van der Waals surface area contributed by atoms with E-state index in [-0.39, 0.29) is 16.8 Å². The highest BCUT2D eigenvalue weighted by Gasteiger charge is 2.51. The molecule has 1 N–H and O–H groups in total. The number of hydrogen-bond donors (Lipinski definition) is 1. The summed E-state index contributed by atoms with van der Waals surface area (Å²) in [6.45, 7) is 0. The van der Waals surface area contributed by atoms with Gasteiger partial charge in [0.05, 0.1) is 29.6 Å². The molecular weight excluding hydrogens is 372 g/mol. The van der Waals surface area contributed by atoms with Crippen LogP contribution in [0.15, 0.2) is 54.1 Å². The van der Waals surface area contributed by atoms with Crippen molar-refractivity contribution in [3.63, 3.8) is 0 Å². The third-order valence-electron chi connectivity index (χ3n) is 4.37. The minimum atomic E-state index is -1.09. The molecule has 0 bridgehead atoms. The zero-order valence-corrected chi connectivity index (χ0v) is 14.8. The summed E-state index contributed by atoms with van der Waals surface area (Å²) in [7, 11) is 1.23. The van der Waals surface area contributed by atoms with Crippen molar-refractivity contribution in [2.75, 3.05) is 12.0 Å². The number of anilines is 1. The van der Waals surface area contributed by atoms with Crippen LogP contribution in [0.4, 0.5) is 5.69 Å². The molecule has 1 saturated heterocycles. The molecule has 2 aliphatic heterocycles. The zero-order valence-electron chi connectivity index (χ0n) is 14.1. The van der Waals surface area contributed by atoms with Gasteiger partial charge in [0.25, 0.3) is 11.8 Å². The lowest BCUT2D eigenvalue weighted by atomic mass is 10.1. The number of hydroxylamine groups is 1. The summed E-state index contributed by atoms with van der Waals surface area (Å²) in [6, 6.07) is 13.0. The van der Waals surface area contributed by atoms with Crippen molar-refractivity contribution in [3.05, 3.63) is 70.3 Å². The van der Waals surface area contributed by atoms with E-state index in [0.717, 1.165) is 4.90 Å². The van der Waals surface area contributed by atoms with Crippen molar-refractivity contribution in [1.29, 1.82) is 0 Å². The summed E-state index contributed by atoms with van der Waals surface area (Å²) >= 11 is 5.90. The van der Waals surface area contributed by atoms with Crippen LogP contribution in [0.2, 0.25) is 5.02 Å². The first-order chi connectivity index (χ1) is 13.0. The predicted octanol–water partition coefficient (Wildman–Crippen LogP) is 2.31. The summed E-state index contributed by atoms with van der Waals surface area (Å²) < 4.78 is 4.75. The van der Waals surface area contributed by atoms with E-state index in [1.54, 1.807) is 36.4 Å². The average molecular weight is 385 g/mol. The minimum Gasteiger partial charge on any atom is -0.465 e. The standard InChI is InChI=1S/C19H13ClN2O5/c1-26-19(25)12-4-2-3-5-13(12)22-17(23)14-15(21-27-16(14)18(22)24)10-6-8-11(20)9-7-10/h2-9,16,21H,1H3/t16-/m0/s1. The number of ether oxygens (including phenoxy) is 1. The lowest BCUT2D eigenvalue weighted by Crippen LogP contribution is -2.35. The number of carbonyl (C=O) groups excluding carboxylic acids is 3. The maximum atomic E-state index is 13.1. The normalized spacial score (nSPS) is 18.6. The van der Waals surface area contributed by atoms with Gasteiger partial charge < -0.3 is 4.74 Å². The molecule has 4 rings (SSSR count). The van der Waals surface area contributed by atoms with Crippen molar-refractivity contribution in [2.45, 2.75) is 6.10 Å². The number of benzene rings is 2. The second-order valence-electron chi connectivity index (χ2n) is 5.88. The first-order valence-electron chi connectivity index (χ1n) is 8.00. The van der Waals surface area contributed by atoms with Crippen molar-refractivity contribution in [1.82, 2.24) is 5.48 Å². The van der Waals surface area contributed by atoms with Crippen LogP contribution in [0.3, 0.4) is 0 Å². The number of nitrogens with one attached hydrogen (secondary N) is 1. The second kappa shape index (κ2) is 6.53. The fourth-order valence-corrected chi connectivity index (χ4v) is 3.23. The van der Waals surface area contributed by atoms with Gasteiger partial charge in [0, 0.05) is 10.6 Å². The van der Waals surface area contributed by atoms with Gasteiger partial charge in [0.15, 0.2) is 6.10 Å². The summed E-state index contributed by atoms with van der Waals surface area (Å²) in [5.41, 5.74) is 4.15. The van der Waals surface area contributed by atoms with Gasteiger partial charge in [-0.25, -0.2) is 9.69 Å². The van der Waals surface area contributed by atoms with E-state index < -0.39 is 23.9 Å². The van der Waals surface area contributed by atoms with Gasteiger partial charge in [-0.05, 0) is 24.3 Å². The molecular formula is C19H13ClN2O5. The Morgan fingerprint density at radius 3 is 2.56 bits per heavy atom. The highest BCUT2D eigenvalue weighted by atomic mass is 35.5. The minimum absolute atomic E-state index is 0.114. The number of halogens is 1. The molecule has 7 nitrogen and oxygen atoms in total. The van der Waals surface area contributed by atoms with Crippen LogP contribution in [-0.2, 0) is 19.2 Å². The summed E-state index contributed by atoms with van der Waals surface area (Å²) in [5, 5.41) is 0.544. The number of amides is 2. The van der Waals surface area contributed by atoms with E-state index in [0.29, 0.717) is 16.3 Å². The van der Waals surface area contributed by atoms with Gasteiger partial charge >= 0.3 is 5.97 Å². The molecule has 1 atom stereocenters. The van der Waals surface area contributed by atoms with Crippen LogP contribution >= 0.6 is 11.6 Å². The van der Waals surface area contributed by atoms with E-state index in [2.05, 4.69) is 5.48 Å². The molecule has 0 saturated carbocycles. The molecule has 0 aromatic heterocycles. The quantitative estimate of drug-likeness (QED) is 0.645. The van der Waals surface area contributed by atoms with E-state index in [4.69, 9.17) is 21.2 Å². The molecule has 0 aliphatic carbocycles. The Labute approximate surface area is 159 Å². The molecule has 1 fully saturated rings. The van der Waals surface area contributed by atoms with Gasteiger partial charge in [-0.1, -0.05) is 35.9 Å². The molecule has 2 aromatic carbocycles. The van der Waals surface area contributed by atoms with Crippen molar-refractivity contribution < 1.29 is 24.0 Å². The van der Waals surface area contributed by atoms with Crippen molar-refractivity contribution in [2.24, 2.45) is 0 Å². The van der Waals surface area contributed by atoms with E-state index in [9.17, 15) is 14.4 Å². The molecule has 2 aromatic rings. The van der Waals surface area contributed by atoms with Crippen LogP contribution < -0.4 is 10.4 Å². The Morgan fingerprint density at radius 1 is 1.15 bits per heavy atom. The van der Waals surface area contributed by atoms with E-state index in [1.165, 1.54) is 19.2 Å². The SMILES string of the molecule is COC(=O)c1ccccc1N1C(=O)C2=C(c3ccc(Cl)cc3)NO[C@@H]2C1=O. The van der Waals surface area contributed by atoms with Crippen LogP contribution in [0, 0.1) is 0 Å². The Kier molecular flexibility index (Phi) is 4.18. The molecule has 0 unspecified atom stereocenters. The number of rotatable bonds is 3. The molecule has 2 heterocycles. The number of nitrogens with zero attached hydrogens (tertiary/aromatic N) is 1. The van der Waals surface area contributed by atoms with Gasteiger partial charge in [0.2, 0.25) is 0 Å². The molecule has 136 valence electrons. The molecule has 8 heteroatoms. The molecule has 27 heavy (non-hydrogen) atoms. The highest BCUT2D eigenvalue weighted by Crippen LogP contribution is 2.37. The van der Waals surface area contributed by atoms with Gasteiger partial charge in [0.1, 0.15) is 0 Å².